The molecule has 2 bridgehead atoms. The van der Waals surface area contributed by atoms with Crippen LogP contribution in [0.5, 0.6) is 0 Å². The average molecular weight is 245 g/mol. The van der Waals surface area contributed by atoms with Crippen LogP contribution in [0.4, 0.5) is 4.39 Å². The van der Waals surface area contributed by atoms with E-state index in [9.17, 15) is 4.39 Å². The van der Waals surface area contributed by atoms with E-state index in [0.29, 0.717) is 10.8 Å². The molecule has 1 aromatic rings. The fourth-order valence-corrected chi connectivity index (χ4v) is 4.49. The lowest BCUT2D eigenvalue weighted by atomic mass is 9.30. The molecule has 5 rings (SSSR count). The van der Waals surface area contributed by atoms with E-state index >= 15 is 0 Å². The van der Waals surface area contributed by atoms with Crippen molar-refractivity contribution in [1.82, 2.24) is 5.32 Å². The van der Waals surface area contributed by atoms with Crippen LogP contribution in [0.15, 0.2) is 18.2 Å². The number of aryl methyl sites for hydroxylation is 1. The Morgan fingerprint density at radius 1 is 1.22 bits per heavy atom. The summed E-state index contributed by atoms with van der Waals surface area (Å²) in [6, 6.07) is 5.70. The van der Waals surface area contributed by atoms with Crippen LogP contribution in [0.3, 0.4) is 0 Å². The van der Waals surface area contributed by atoms with E-state index in [1.54, 1.807) is 12.1 Å². The van der Waals surface area contributed by atoms with Gasteiger partial charge in [-0.15, -0.1) is 0 Å². The van der Waals surface area contributed by atoms with Crippen LogP contribution in [0.25, 0.3) is 0 Å². The summed E-state index contributed by atoms with van der Waals surface area (Å²) in [4.78, 5) is 0. The van der Waals surface area contributed by atoms with E-state index in [1.807, 2.05) is 0 Å². The minimum absolute atomic E-state index is 0.0477. The quantitative estimate of drug-likeness (QED) is 0.863. The van der Waals surface area contributed by atoms with Gasteiger partial charge in [0.1, 0.15) is 5.82 Å². The van der Waals surface area contributed by atoms with Crippen molar-refractivity contribution in [3.63, 3.8) is 0 Å². The van der Waals surface area contributed by atoms with Crippen LogP contribution < -0.4 is 5.32 Å². The molecule has 96 valence electrons. The molecular formula is C16H20FN. The summed E-state index contributed by atoms with van der Waals surface area (Å²) in [6.45, 7) is 4.51. The van der Waals surface area contributed by atoms with Gasteiger partial charge in [-0.3, -0.25) is 0 Å². The van der Waals surface area contributed by atoms with Crippen LogP contribution in [-0.4, -0.2) is 13.1 Å². The van der Waals surface area contributed by atoms with Crippen molar-refractivity contribution in [2.24, 2.45) is 11.3 Å². The Bertz CT molecular complexity index is 484. The molecule has 3 saturated carbocycles. The standard InChI is InChI=1S/C16H20FN/c1-2-11-3-12(5-14(17)4-11)15-8-16(9-15,10-15)13-6-18-7-13/h3-5,13,18H,2,6-10H2,1H3. The topological polar surface area (TPSA) is 12.0 Å². The number of nitrogens with one attached hydrogen (secondary N) is 1. The molecule has 0 aromatic heterocycles. The molecule has 1 nitrogen and oxygen atoms in total. The molecule has 0 amide bonds. The van der Waals surface area contributed by atoms with Crippen molar-refractivity contribution >= 4 is 0 Å². The number of halogens is 1. The molecule has 1 aromatic carbocycles. The second kappa shape index (κ2) is 3.36. The molecule has 1 N–H and O–H groups in total. The van der Waals surface area contributed by atoms with Gasteiger partial charge in [0.05, 0.1) is 0 Å². The van der Waals surface area contributed by atoms with Gasteiger partial charge in [-0.25, -0.2) is 4.39 Å². The second-order valence-electron chi connectivity index (χ2n) is 6.73. The number of benzene rings is 1. The maximum Gasteiger partial charge on any atom is 0.123 e. The molecule has 0 spiro atoms. The van der Waals surface area contributed by atoms with Crippen molar-refractivity contribution in [3.8, 4) is 0 Å². The average Bonchev–Trinajstić information content (AvgIpc) is 2.17. The first-order valence-corrected chi connectivity index (χ1v) is 7.17. The highest BCUT2D eigenvalue weighted by Gasteiger charge is 2.71. The van der Waals surface area contributed by atoms with E-state index in [0.717, 1.165) is 17.9 Å². The van der Waals surface area contributed by atoms with Gasteiger partial charge in [-0.05, 0) is 78.8 Å². The van der Waals surface area contributed by atoms with Crippen LogP contribution in [0.2, 0.25) is 0 Å². The first kappa shape index (κ1) is 11.0. The predicted molar refractivity (Wildman–Crippen MR) is 70.1 cm³/mol. The highest BCUT2D eigenvalue weighted by molar-refractivity contribution is 5.41. The van der Waals surface area contributed by atoms with Crippen LogP contribution in [0, 0.1) is 17.2 Å². The lowest BCUT2D eigenvalue weighted by molar-refractivity contribution is -0.191. The molecule has 4 fully saturated rings. The molecule has 1 aliphatic heterocycles. The zero-order valence-electron chi connectivity index (χ0n) is 10.9. The van der Waals surface area contributed by atoms with Crippen molar-refractivity contribution < 1.29 is 4.39 Å². The van der Waals surface area contributed by atoms with Gasteiger partial charge in [0.2, 0.25) is 0 Å². The maximum absolute atomic E-state index is 13.6. The Hall–Kier alpha value is -0.890. The minimum Gasteiger partial charge on any atom is -0.316 e. The molecule has 3 aliphatic carbocycles. The summed E-state index contributed by atoms with van der Waals surface area (Å²) < 4.78 is 13.6. The molecule has 18 heavy (non-hydrogen) atoms. The summed E-state index contributed by atoms with van der Waals surface area (Å²) in [5.41, 5.74) is 3.40. The highest BCUT2D eigenvalue weighted by Crippen LogP contribution is 2.76. The third-order valence-electron chi connectivity index (χ3n) is 5.70. The largest absolute Gasteiger partial charge is 0.316 e. The van der Waals surface area contributed by atoms with Gasteiger partial charge in [0.25, 0.3) is 0 Å². The van der Waals surface area contributed by atoms with E-state index in [1.165, 1.54) is 37.9 Å². The number of rotatable bonds is 3. The SMILES string of the molecule is CCc1cc(F)cc(C23CC(C4CNC4)(C2)C3)c1. The fraction of sp³-hybridized carbons (Fsp3) is 0.625. The molecular weight excluding hydrogens is 225 g/mol. The molecule has 0 atom stereocenters. The predicted octanol–water partition coefficient (Wildman–Crippen LogP) is 3.03. The summed E-state index contributed by atoms with van der Waals surface area (Å²) in [5.74, 6) is 0.854. The van der Waals surface area contributed by atoms with E-state index in [2.05, 4.69) is 18.3 Å². The van der Waals surface area contributed by atoms with Gasteiger partial charge in [-0.2, -0.15) is 0 Å². The molecule has 4 aliphatic rings. The number of hydrogen-bond acceptors (Lipinski definition) is 1. The third-order valence-corrected chi connectivity index (χ3v) is 5.70. The lowest BCUT2D eigenvalue weighted by Gasteiger charge is -2.75. The zero-order chi connectivity index (χ0) is 12.4. The van der Waals surface area contributed by atoms with E-state index < -0.39 is 0 Å². The van der Waals surface area contributed by atoms with Crippen LogP contribution >= 0.6 is 0 Å². The van der Waals surface area contributed by atoms with Gasteiger partial charge in [0, 0.05) is 0 Å². The monoisotopic (exact) mass is 245 g/mol. The van der Waals surface area contributed by atoms with E-state index in [4.69, 9.17) is 0 Å². The van der Waals surface area contributed by atoms with Crippen molar-refractivity contribution in [3.05, 3.63) is 35.1 Å². The summed E-state index contributed by atoms with van der Waals surface area (Å²) in [6.07, 6.45) is 4.84. The van der Waals surface area contributed by atoms with Crippen molar-refractivity contribution in [2.45, 2.75) is 38.0 Å². The summed E-state index contributed by atoms with van der Waals surface area (Å²) >= 11 is 0. The summed E-state index contributed by atoms with van der Waals surface area (Å²) in [5, 5.41) is 3.38. The van der Waals surface area contributed by atoms with Crippen LogP contribution in [-0.2, 0) is 11.8 Å². The zero-order valence-corrected chi connectivity index (χ0v) is 10.9. The Balaban J connectivity index is 1.58. The van der Waals surface area contributed by atoms with Gasteiger partial charge in [-0.1, -0.05) is 13.0 Å². The van der Waals surface area contributed by atoms with Crippen molar-refractivity contribution in [2.75, 3.05) is 13.1 Å². The highest BCUT2D eigenvalue weighted by atomic mass is 19.1. The lowest BCUT2D eigenvalue weighted by Crippen LogP contribution is -2.72. The second-order valence-corrected chi connectivity index (χ2v) is 6.73. The number of hydrogen-bond donors (Lipinski definition) is 1. The third kappa shape index (κ3) is 1.25. The Labute approximate surface area is 108 Å². The van der Waals surface area contributed by atoms with Gasteiger partial charge in [0.15, 0.2) is 0 Å². The molecule has 2 heteroatoms. The smallest absolute Gasteiger partial charge is 0.123 e. The van der Waals surface area contributed by atoms with Gasteiger partial charge >= 0.3 is 0 Å². The first-order valence-electron chi connectivity index (χ1n) is 7.17. The minimum atomic E-state index is -0.0477. The molecule has 1 saturated heterocycles. The molecule has 0 unspecified atom stereocenters. The summed E-state index contributed by atoms with van der Waals surface area (Å²) in [7, 11) is 0. The molecule has 0 radical (unpaired) electrons. The fourth-order valence-electron chi connectivity index (χ4n) is 4.49. The van der Waals surface area contributed by atoms with Gasteiger partial charge < -0.3 is 5.32 Å². The van der Waals surface area contributed by atoms with Crippen LogP contribution in [0.1, 0.15) is 37.3 Å². The Morgan fingerprint density at radius 2 is 1.94 bits per heavy atom. The van der Waals surface area contributed by atoms with Crippen molar-refractivity contribution in [1.29, 1.82) is 0 Å². The normalized spacial score (nSPS) is 37.7. The maximum atomic E-state index is 13.6. The molecule has 1 heterocycles. The Morgan fingerprint density at radius 3 is 2.50 bits per heavy atom. The first-order chi connectivity index (χ1) is 8.66. The van der Waals surface area contributed by atoms with E-state index in [-0.39, 0.29) is 5.82 Å². The Kier molecular flexibility index (Phi) is 2.05.